The van der Waals surface area contributed by atoms with E-state index in [1.165, 1.54) is 42.5 Å². The molecule has 6 nitrogen and oxygen atoms in total. The molecule has 2 fully saturated rings. The van der Waals surface area contributed by atoms with E-state index in [-0.39, 0.29) is 16.8 Å². The number of hydrogen-bond donors (Lipinski definition) is 3. The maximum Gasteiger partial charge on any atom is 0.261 e. The van der Waals surface area contributed by atoms with Crippen molar-refractivity contribution >= 4 is 33.0 Å². The number of rotatable bonds is 6. The van der Waals surface area contributed by atoms with E-state index in [0.717, 1.165) is 16.8 Å². The van der Waals surface area contributed by atoms with Gasteiger partial charge in [-0.3, -0.25) is 9.52 Å². The Morgan fingerprint density at radius 1 is 0.857 bits per heavy atom. The van der Waals surface area contributed by atoms with Gasteiger partial charge < -0.3 is 10.6 Å². The van der Waals surface area contributed by atoms with Crippen molar-refractivity contribution in [1.29, 1.82) is 0 Å². The summed E-state index contributed by atoms with van der Waals surface area (Å²) in [7, 11) is -3.76. The van der Waals surface area contributed by atoms with Gasteiger partial charge in [-0.25, -0.2) is 8.42 Å². The topological polar surface area (TPSA) is 87.3 Å². The smallest absolute Gasteiger partial charge is 0.261 e. The number of carbonyl (C=O) groups is 1. The van der Waals surface area contributed by atoms with Crippen LogP contribution in [0.1, 0.15) is 63.8 Å². The van der Waals surface area contributed by atoms with E-state index in [1.54, 1.807) is 18.2 Å². The van der Waals surface area contributed by atoms with Crippen LogP contribution in [0.15, 0.2) is 95.9 Å². The molecular formula is C35H35N3O3S. The molecule has 0 spiro atoms. The van der Waals surface area contributed by atoms with Gasteiger partial charge in [-0.15, -0.1) is 0 Å². The first kappa shape index (κ1) is 26.8. The Hall–Kier alpha value is -4.10. The molecule has 0 radical (unpaired) electrons. The van der Waals surface area contributed by atoms with Crippen molar-refractivity contribution < 1.29 is 13.2 Å². The van der Waals surface area contributed by atoms with Crippen LogP contribution in [0.3, 0.4) is 0 Å². The molecule has 0 aromatic heterocycles. The molecule has 3 aliphatic rings. The quantitative estimate of drug-likeness (QED) is 0.220. The Bertz CT molecular complexity index is 1770. The molecule has 1 amide bonds. The number of fused-ring (bicyclic) bond motifs is 7. The standard InChI is InChI=1S/C35H35N3O3S/c1-21-8-16-30(22(2)18-21)38-42(40,41)28-14-12-27(13-15-28)36-35(39)26-11-17-31-29(20-26)32-24-9-10-25(19-24)33(32)34(37-31)23-6-4-3-5-7-23/h3-8,11-18,20,24-25,32-34,37-38H,9-10,19H2,1-2H3,(H,36,39)/t24-,25-,32-,33-,34+/m0/s1. The summed E-state index contributed by atoms with van der Waals surface area (Å²) < 4.78 is 28.6. The minimum atomic E-state index is -3.76. The summed E-state index contributed by atoms with van der Waals surface area (Å²) in [5.41, 5.74) is 7.35. The molecule has 214 valence electrons. The lowest BCUT2D eigenvalue weighted by Gasteiger charge is -2.43. The first-order chi connectivity index (χ1) is 20.3. The van der Waals surface area contributed by atoms with Crippen molar-refractivity contribution in [2.75, 3.05) is 15.4 Å². The first-order valence-electron chi connectivity index (χ1n) is 14.7. The zero-order valence-corrected chi connectivity index (χ0v) is 24.6. The molecular weight excluding hydrogens is 542 g/mol. The fourth-order valence-corrected chi connectivity index (χ4v) is 8.80. The fraction of sp³-hybridized carbons (Fsp3) is 0.286. The molecule has 3 N–H and O–H groups in total. The van der Waals surface area contributed by atoms with Crippen LogP contribution in [0, 0.1) is 31.6 Å². The third-order valence-corrected chi connectivity index (χ3v) is 10.9. The molecule has 0 unspecified atom stereocenters. The van der Waals surface area contributed by atoms with Crippen LogP contribution in [0.2, 0.25) is 0 Å². The lowest BCUT2D eigenvalue weighted by atomic mass is 9.68. The maximum absolute atomic E-state index is 13.4. The van der Waals surface area contributed by atoms with Gasteiger partial charge in [0, 0.05) is 16.9 Å². The van der Waals surface area contributed by atoms with Crippen molar-refractivity contribution in [2.45, 2.75) is 50.0 Å². The van der Waals surface area contributed by atoms with E-state index in [9.17, 15) is 13.2 Å². The molecule has 2 saturated carbocycles. The number of nitrogens with one attached hydrogen (secondary N) is 3. The summed E-state index contributed by atoms with van der Waals surface area (Å²) in [5.74, 6) is 2.15. The zero-order valence-electron chi connectivity index (χ0n) is 23.8. The van der Waals surface area contributed by atoms with Gasteiger partial charge >= 0.3 is 0 Å². The van der Waals surface area contributed by atoms with Gasteiger partial charge in [-0.2, -0.15) is 0 Å². The third-order valence-electron chi connectivity index (χ3n) is 9.56. The van der Waals surface area contributed by atoms with Crippen molar-refractivity contribution in [2.24, 2.45) is 17.8 Å². The van der Waals surface area contributed by atoms with E-state index in [1.807, 2.05) is 32.0 Å². The van der Waals surface area contributed by atoms with Crippen LogP contribution in [0.5, 0.6) is 0 Å². The number of benzene rings is 4. The second-order valence-electron chi connectivity index (χ2n) is 12.2. The van der Waals surface area contributed by atoms with Gasteiger partial charge in [-0.05, 0) is 122 Å². The van der Waals surface area contributed by atoms with Crippen molar-refractivity contribution in [1.82, 2.24) is 0 Å². The van der Waals surface area contributed by atoms with Crippen LogP contribution in [-0.2, 0) is 10.0 Å². The van der Waals surface area contributed by atoms with Crippen LogP contribution >= 0.6 is 0 Å². The normalized spacial score (nSPS) is 23.9. The number of amides is 1. The molecule has 5 atom stereocenters. The lowest BCUT2D eigenvalue weighted by Crippen LogP contribution is -2.35. The molecule has 4 aromatic rings. The molecule has 2 aliphatic carbocycles. The number of aryl methyl sites for hydroxylation is 2. The van der Waals surface area contributed by atoms with Gasteiger partial charge in [0.25, 0.3) is 15.9 Å². The SMILES string of the molecule is Cc1ccc(NS(=O)(=O)c2ccc(NC(=O)c3ccc4c(c3)[C@@H]3[C@H]5CC[C@@H](C5)[C@@H]3[C@@H](c3ccccc3)N4)cc2)c(C)c1. The molecule has 1 heterocycles. The summed E-state index contributed by atoms with van der Waals surface area (Å²) in [4.78, 5) is 13.5. The largest absolute Gasteiger partial charge is 0.378 e. The summed E-state index contributed by atoms with van der Waals surface area (Å²) in [6, 6.07) is 28.9. The Labute approximate surface area is 247 Å². The van der Waals surface area contributed by atoms with E-state index in [0.29, 0.717) is 40.6 Å². The molecule has 1 aliphatic heterocycles. The highest BCUT2D eigenvalue weighted by Crippen LogP contribution is 2.63. The summed E-state index contributed by atoms with van der Waals surface area (Å²) in [6.45, 7) is 3.84. The van der Waals surface area contributed by atoms with E-state index in [2.05, 4.69) is 57.8 Å². The van der Waals surface area contributed by atoms with E-state index < -0.39 is 10.0 Å². The second-order valence-corrected chi connectivity index (χ2v) is 13.9. The Morgan fingerprint density at radius 2 is 1.62 bits per heavy atom. The maximum atomic E-state index is 13.4. The van der Waals surface area contributed by atoms with Crippen molar-refractivity contribution in [3.63, 3.8) is 0 Å². The molecule has 2 bridgehead atoms. The molecule has 42 heavy (non-hydrogen) atoms. The number of carbonyl (C=O) groups excluding carboxylic acids is 1. The van der Waals surface area contributed by atoms with Crippen molar-refractivity contribution in [3.8, 4) is 0 Å². The van der Waals surface area contributed by atoms with E-state index in [4.69, 9.17) is 0 Å². The lowest BCUT2D eigenvalue weighted by molar-refractivity contribution is 0.102. The number of hydrogen-bond acceptors (Lipinski definition) is 4. The van der Waals surface area contributed by atoms with Gasteiger partial charge in [0.15, 0.2) is 0 Å². The zero-order chi connectivity index (χ0) is 29.0. The summed E-state index contributed by atoms with van der Waals surface area (Å²) in [5, 5.41) is 6.80. The van der Waals surface area contributed by atoms with E-state index >= 15 is 0 Å². The van der Waals surface area contributed by atoms with Gasteiger partial charge in [0.2, 0.25) is 0 Å². The number of sulfonamides is 1. The predicted molar refractivity (Wildman–Crippen MR) is 167 cm³/mol. The van der Waals surface area contributed by atoms with Crippen LogP contribution in [-0.4, -0.2) is 14.3 Å². The van der Waals surface area contributed by atoms with Crippen LogP contribution in [0.25, 0.3) is 0 Å². The molecule has 0 saturated heterocycles. The predicted octanol–water partition coefficient (Wildman–Crippen LogP) is 7.65. The Morgan fingerprint density at radius 3 is 2.38 bits per heavy atom. The van der Waals surface area contributed by atoms with Crippen molar-refractivity contribution in [3.05, 3.63) is 119 Å². The summed E-state index contributed by atoms with van der Waals surface area (Å²) >= 11 is 0. The third kappa shape index (κ3) is 4.75. The average molecular weight is 578 g/mol. The van der Waals surface area contributed by atoms with Gasteiger partial charge in [0.05, 0.1) is 16.6 Å². The minimum absolute atomic E-state index is 0.135. The monoisotopic (exact) mass is 577 g/mol. The van der Waals surface area contributed by atoms with Crippen LogP contribution in [0.4, 0.5) is 17.1 Å². The summed E-state index contributed by atoms with van der Waals surface area (Å²) in [6.07, 6.45) is 3.82. The number of anilines is 3. The van der Waals surface area contributed by atoms with Gasteiger partial charge in [0.1, 0.15) is 0 Å². The average Bonchev–Trinajstić information content (AvgIpc) is 3.62. The second kappa shape index (κ2) is 10.3. The fourth-order valence-electron chi connectivity index (χ4n) is 7.67. The Balaban J connectivity index is 1.10. The van der Waals surface area contributed by atoms with Crippen LogP contribution < -0.4 is 15.4 Å². The van der Waals surface area contributed by atoms with Gasteiger partial charge in [-0.1, -0.05) is 48.0 Å². The minimum Gasteiger partial charge on any atom is -0.378 e. The molecule has 7 heteroatoms. The highest BCUT2D eigenvalue weighted by Gasteiger charge is 2.53. The first-order valence-corrected chi connectivity index (χ1v) is 16.2. The highest BCUT2D eigenvalue weighted by atomic mass is 32.2. The Kier molecular flexibility index (Phi) is 6.58. The highest BCUT2D eigenvalue weighted by molar-refractivity contribution is 7.92. The molecule has 4 aromatic carbocycles. The molecule has 7 rings (SSSR count).